The highest BCUT2D eigenvalue weighted by Gasteiger charge is 2.24. The zero-order valence-electron chi connectivity index (χ0n) is 15.0. The Balaban J connectivity index is 1.82. The van der Waals surface area contributed by atoms with Crippen LogP contribution >= 0.6 is 11.3 Å². The standard InChI is InChI=1S/C17H20N6O2S/c1-17(2,3)14-15(23-10-18-9-20-23)26-16(21-14)22-19-8-11-5-6-12(24)13(7-11)25-4/h5-10,24H,1-4H3,(H,21,22)/b19-8+. The minimum Gasteiger partial charge on any atom is -0.504 e. The van der Waals surface area contributed by atoms with Gasteiger partial charge >= 0.3 is 0 Å². The first-order valence-electron chi connectivity index (χ1n) is 7.91. The fourth-order valence-corrected chi connectivity index (χ4v) is 3.31. The van der Waals surface area contributed by atoms with Crippen LogP contribution in [0.25, 0.3) is 5.00 Å². The van der Waals surface area contributed by atoms with Gasteiger partial charge < -0.3 is 9.84 Å². The van der Waals surface area contributed by atoms with Gasteiger partial charge in [0.1, 0.15) is 17.7 Å². The molecule has 0 saturated heterocycles. The van der Waals surface area contributed by atoms with Crippen molar-refractivity contribution in [3.8, 4) is 16.5 Å². The lowest BCUT2D eigenvalue weighted by molar-refractivity contribution is 0.373. The second kappa shape index (κ2) is 7.12. The van der Waals surface area contributed by atoms with Crippen molar-refractivity contribution in [1.29, 1.82) is 0 Å². The van der Waals surface area contributed by atoms with Crippen LogP contribution in [0, 0.1) is 0 Å². The number of phenolic OH excluding ortho intramolecular Hbond substituents is 1. The average Bonchev–Trinajstić information content (AvgIpc) is 3.25. The summed E-state index contributed by atoms with van der Waals surface area (Å²) < 4.78 is 6.80. The Bertz CT molecular complexity index is 912. The van der Waals surface area contributed by atoms with Gasteiger partial charge in [-0.2, -0.15) is 10.2 Å². The van der Waals surface area contributed by atoms with Crippen molar-refractivity contribution in [2.75, 3.05) is 12.5 Å². The van der Waals surface area contributed by atoms with E-state index < -0.39 is 0 Å². The Morgan fingerprint density at radius 2 is 2.15 bits per heavy atom. The molecule has 3 aromatic rings. The molecule has 2 heterocycles. The highest BCUT2D eigenvalue weighted by Crippen LogP contribution is 2.34. The third-order valence-electron chi connectivity index (χ3n) is 3.52. The molecule has 9 heteroatoms. The summed E-state index contributed by atoms with van der Waals surface area (Å²) in [6.07, 6.45) is 4.78. The van der Waals surface area contributed by atoms with Crippen LogP contribution in [0.15, 0.2) is 36.0 Å². The van der Waals surface area contributed by atoms with Gasteiger partial charge in [0.15, 0.2) is 11.5 Å². The molecule has 2 aromatic heterocycles. The highest BCUT2D eigenvalue weighted by molar-refractivity contribution is 7.18. The molecule has 0 bridgehead atoms. The second-order valence-corrected chi connectivity index (χ2v) is 7.54. The first-order valence-corrected chi connectivity index (χ1v) is 8.72. The van der Waals surface area contributed by atoms with Crippen molar-refractivity contribution in [2.45, 2.75) is 26.2 Å². The largest absolute Gasteiger partial charge is 0.504 e. The number of benzene rings is 1. The molecule has 0 aliphatic rings. The lowest BCUT2D eigenvalue weighted by atomic mass is 9.92. The molecule has 0 saturated carbocycles. The zero-order valence-corrected chi connectivity index (χ0v) is 15.8. The molecule has 1 aromatic carbocycles. The molecule has 0 unspecified atom stereocenters. The number of hydrazone groups is 1. The third-order valence-corrected chi connectivity index (χ3v) is 4.47. The molecule has 0 atom stereocenters. The number of ether oxygens (including phenoxy) is 1. The molecular formula is C17H20N6O2S. The van der Waals surface area contributed by atoms with Crippen molar-refractivity contribution in [2.24, 2.45) is 5.10 Å². The first kappa shape index (κ1) is 17.9. The number of rotatable bonds is 5. The van der Waals surface area contributed by atoms with Crippen molar-refractivity contribution < 1.29 is 9.84 Å². The van der Waals surface area contributed by atoms with Crippen molar-refractivity contribution in [3.05, 3.63) is 42.1 Å². The predicted molar refractivity (Wildman–Crippen MR) is 102 cm³/mol. The number of hydrogen-bond donors (Lipinski definition) is 2. The number of methoxy groups -OCH3 is 1. The normalized spacial score (nSPS) is 11.8. The highest BCUT2D eigenvalue weighted by atomic mass is 32.1. The van der Waals surface area contributed by atoms with Crippen molar-refractivity contribution in [3.63, 3.8) is 0 Å². The second-order valence-electron chi connectivity index (χ2n) is 6.56. The maximum atomic E-state index is 9.63. The zero-order chi connectivity index (χ0) is 18.7. The van der Waals surface area contributed by atoms with E-state index in [1.807, 2.05) is 0 Å². The number of hydrogen-bond acceptors (Lipinski definition) is 8. The minimum absolute atomic E-state index is 0.0878. The van der Waals surface area contributed by atoms with E-state index in [9.17, 15) is 5.11 Å². The number of nitrogens with one attached hydrogen (secondary N) is 1. The number of thiazole rings is 1. The fraction of sp³-hybridized carbons (Fsp3) is 0.294. The summed E-state index contributed by atoms with van der Waals surface area (Å²) in [5, 5.41) is 19.6. The van der Waals surface area contributed by atoms with E-state index in [4.69, 9.17) is 4.74 Å². The van der Waals surface area contributed by atoms with E-state index in [1.165, 1.54) is 24.8 Å². The average molecular weight is 372 g/mol. The monoisotopic (exact) mass is 372 g/mol. The molecule has 0 aliphatic carbocycles. The van der Waals surface area contributed by atoms with E-state index in [2.05, 4.69) is 46.4 Å². The predicted octanol–water partition coefficient (Wildman–Crippen LogP) is 3.18. The molecule has 136 valence electrons. The lowest BCUT2D eigenvalue weighted by Gasteiger charge is -2.16. The van der Waals surface area contributed by atoms with E-state index in [0.717, 1.165) is 16.3 Å². The SMILES string of the molecule is COc1cc(/C=N/Nc2nc(C(C)(C)C)c(-n3cncn3)s2)ccc1O. The van der Waals surface area contributed by atoms with Gasteiger partial charge in [0.05, 0.1) is 19.0 Å². The molecule has 3 rings (SSSR count). The van der Waals surface area contributed by atoms with Gasteiger partial charge in [-0.05, 0) is 23.8 Å². The van der Waals surface area contributed by atoms with Gasteiger partial charge in [0.2, 0.25) is 5.13 Å². The Labute approximate surface area is 155 Å². The van der Waals surface area contributed by atoms with Crippen LogP contribution < -0.4 is 10.2 Å². The Morgan fingerprint density at radius 1 is 1.35 bits per heavy atom. The first-order chi connectivity index (χ1) is 12.4. The van der Waals surface area contributed by atoms with Crippen molar-refractivity contribution in [1.82, 2.24) is 19.7 Å². The quantitative estimate of drug-likeness (QED) is 0.527. The Kier molecular flexibility index (Phi) is 4.90. The molecule has 0 aliphatic heterocycles. The molecule has 0 radical (unpaired) electrons. The maximum absolute atomic E-state index is 9.63. The number of nitrogens with zero attached hydrogens (tertiary/aromatic N) is 5. The summed E-state index contributed by atoms with van der Waals surface area (Å²) in [5.74, 6) is 0.483. The van der Waals surface area contributed by atoms with Crippen LogP contribution in [-0.4, -0.2) is 38.2 Å². The molecule has 8 nitrogen and oxygen atoms in total. The summed E-state index contributed by atoms with van der Waals surface area (Å²) in [4.78, 5) is 8.66. The van der Waals surface area contributed by atoms with Crippen LogP contribution in [0.4, 0.5) is 5.13 Å². The van der Waals surface area contributed by atoms with Gasteiger partial charge in [-0.3, -0.25) is 5.43 Å². The molecule has 2 N–H and O–H groups in total. The van der Waals surface area contributed by atoms with Crippen LogP contribution in [-0.2, 0) is 5.41 Å². The number of aromatic nitrogens is 4. The molecular weight excluding hydrogens is 352 g/mol. The summed E-state index contributed by atoms with van der Waals surface area (Å²) in [5.41, 5.74) is 4.51. The molecule has 0 spiro atoms. The minimum atomic E-state index is -0.147. The van der Waals surface area contributed by atoms with E-state index >= 15 is 0 Å². The third kappa shape index (κ3) is 3.83. The molecule has 0 amide bonds. The van der Waals surface area contributed by atoms with Crippen LogP contribution in [0.1, 0.15) is 32.0 Å². The number of anilines is 1. The van der Waals surface area contributed by atoms with Gasteiger partial charge in [0, 0.05) is 5.41 Å². The maximum Gasteiger partial charge on any atom is 0.205 e. The smallest absolute Gasteiger partial charge is 0.205 e. The summed E-state index contributed by atoms with van der Waals surface area (Å²) in [6, 6.07) is 5.00. The molecule has 26 heavy (non-hydrogen) atoms. The van der Waals surface area contributed by atoms with E-state index in [-0.39, 0.29) is 11.2 Å². The van der Waals surface area contributed by atoms with Crippen LogP contribution in [0.3, 0.4) is 0 Å². The van der Waals surface area contributed by atoms with E-state index in [1.54, 1.807) is 35.4 Å². The fourth-order valence-electron chi connectivity index (χ4n) is 2.25. The van der Waals surface area contributed by atoms with Gasteiger partial charge in [-0.25, -0.2) is 14.6 Å². The Hall–Kier alpha value is -2.94. The van der Waals surface area contributed by atoms with Crippen LogP contribution in [0.5, 0.6) is 11.5 Å². The number of phenols is 1. The summed E-state index contributed by atoms with van der Waals surface area (Å²) >= 11 is 1.45. The van der Waals surface area contributed by atoms with Crippen LogP contribution in [0.2, 0.25) is 0 Å². The summed E-state index contributed by atoms with van der Waals surface area (Å²) in [6.45, 7) is 6.29. The van der Waals surface area contributed by atoms with E-state index in [0.29, 0.717) is 10.9 Å². The van der Waals surface area contributed by atoms with Crippen molar-refractivity contribution >= 4 is 22.7 Å². The Morgan fingerprint density at radius 3 is 2.81 bits per heavy atom. The summed E-state index contributed by atoms with van der Waals surface area (Å²) in [7, 11) is 1.50. The lowest BCUT2D eigenvalue weighted by Crippen LogP contribution is -2.15. The molecule has 0 fully saturated rings. The van der Waals surface area contributed by atoms with Gasteiger partial charge in [-0.15, -0.1) is 0 Å². The van der Waals surface area contributed by atoms with Gasteiger partial charge in [-0.1, -0.05) is 32.1 Å². The topological polar surface area (TPSA) is 97.5 Å². The van der Waals surface area contributed by atoms with Gasteiger partial charge in [0.25, 0.3) is 0 Å². The number of aromatic hydroxyl groups is 1.